The Bertz CT molecular complexity index is 1250. The molecular weight excluding hydrogens is 774 g/mol. The summed E-state index contributed by atoms with van der Waals surface area (Å²) in [6, 6.07) is 0. The highest BCUT2D eigenvalue weighted by molar-refractivity contribution is 7.47. The van der Waals surface area contributed by atoms with E-state index in [4.69, 9.17) is 18.5 Å². The van der Waals surface area contributed by atoms with Crippen LogP contribution in [0.4, 0.5) is 0 Å². The summed E-state index contributed by atoms with van der Waals surface area (Å²) in [7, 11) is 1.43. The molecule has 60 heavy (non-hydrogen) atoms. The van der Waals surface area contributed by atoms with Crippen LogP contribution >= 0.6 is 7.82 Å². The van der Waals surface area contributed by atoms with E-state index in [1.54, 1.807) is 0 Å². The fraction of sp³-hybridized carbons (Fsp3) is 0.720. The van der Waals surface area contributed by atoms with Crippen LogP contribution in [0.15, 0.2) is 72.9 Å². The molecule has 0 bridgehead atoms. The number of carbonyl (C=O) groups is 2. The number of hydrogen-bond donors (Lipinski definition) is 1. The van der Waals surface area contributed by atoms with Crippen LogP contribution in [0.5, 0.6) is 0 Å². The van der Waals surface area contributed by atoms with Gasteiger partial charge in [0.1, 0.15) is 19.8 Å². The van der Waals surface area contributed by atoms with Crippen LogP contribution in [0.25, 0.3) is 0 Å². The number of allylic oxidation sites excluding steroid dienone is 12. The van der Waals surface area contributed by atoms with Crippen LogP contribution in [0.3, 0.4) is 0 Å². The van der Waals surface area contributed by atoms with E-state index >= 15 is 0 Å². The Hall–Kier alpha value is -2.55. The second-order valence-electron chi connectivity index (χ2n) is 16.8. The quantitative estimate of drug-likeness (QED) is 0.0212. The van der Waals surface area contributed by atoms with Crippen molar-refractivity contribution in [1.82, 2.24) is 0 Å². The lowest BCUT2D eigenvalue weighted by atomic mass is 10.0. The first kappa shape index (κ1) is 57.4. The normalized spacial score (nSPS) is 14.2. The Kier molecular flexibility index (Phi) is 40.0. The van der Waals surface area contributed by atoms with Gasteiger partial charge in [0.15, 0.2) is 6.10 Å². The first-order valence-electron chi connectivity index (χ1n) is 23.7. The molecule has 0 aromatic carbocycles. The molecule has 0 aliphatic carbocycles. The number of esters is 2. The monoisotopic (exact) mass is 863 g/mol. The van der Waals surface area contributed by atoms with E-state index < -0.39 is 32.5 Å². The van der Waals surface area contributed by atoms with Crippen LogP contribution in [-0.2, 0) is 32.7 Å². The standard InChI is InChI=1S/C50H88NO8P/c1-6-8-10-12-14-16-18-20-22-24-25-27-28-30-32-34-36-38-40-42-49(52)56-46-48(47-58-60(54,55)57-45-44-51(3,4)5)59-50(53)43-41-39-37-35-33-31-29-26-23-21-19-17-15-13-11-9-7-2/h8,10,14,16,20,22,25,27,30,32,36,38,48H,6-7,9,11-13,15,17-19,21,23-24,26,28-29,31,33-35,37,39-47H2,1-5H3/p+1/b10-8+,16-14+,22-20+,27-25+,32-30+,38-36+/t48-/m1/s1. The van der Waals surface area contributed by atoms with Gasteiger partial charge < -0.3 is 18.9 Å². The molecule has 0 saturated carbocycles. The predicted molar refractivity (Wildman–Crippen MR) is 252 cm³/mol. The van der Waals surface area contributed by atoms with Crippen LogP contribution in [0.1, 0.15) is 181 Å². The number of hydrogen-bond acceptors (Lipinski definition) is 7. The molecule has 0 amide bonds. The van der Waals surface area contributed by atoms with E-state index in [1.807, 2.05) is 33.3 Å². The number of likely N-dealkylation sites (N-methyl/N-ethyl adjacent to an activating group) is 1. The molecule has 9 nitrogen and oxygen atoms in total. The number of carbonyl (C=O) groups excluding carboxylic acids is 2. The highest BCUT2D eigenvalue weighted by Gasteiger charge is 2.27. The predicted octanol–water partition coefficient (Wildman–Crippen LogP) is 13.8. The van der Waals surface area contributed by atoms with E-state index in [1.165, 1.54) is 83.5 Å². The van der Waals surface area contributed by atoms with Gasteiger partial charge in [0.25, 0.3) is 0 Å². The lowest BCUT2D eigenvalue weighted by molar-refractivity contribution is -0.870. The van der Waals surface area contributed by atoms with E-state index in [0.29, 0.717) is 23.9 Å². The summed E-state index contributed by atoms with van der Waals surface area (Å²) in [5.74, 6) is -0.896. The second-order valence-corrected chi connectivity index (χ2v) is 18.2. The van der Waals surface area contributed by atoms with Gasteiger partial charge in [0.05, 0.1) is 27.7 Å². The highest BCUT2D eigenvalue weighted by Crippen LogP contribution is 2.43. The zero-order valence-electron chi connectivity index (χ0n) is 38.9. The maximum absolute atomic E-state index is 12.7. The zero-order chi connectivity index (χ0) is 44.3. The summed E-state index contributed by atoms with van der Waals surface area (Å²) < 4.78 is 34.3. The largest absolute Gasteiger partial charge is 0.472 e. The van der Waals surface area contributed by atoms with Crippen molar-refractivity contribution in [3.63, 3.8) is 0 Å². The summed E-state index contributed by atoms with van der Waals surface area (Å²) in [6.07, 6.45) is 52.5. The maximum atomic E-state index is 12.7. The molecule has 0 aliphatic heterocycles. The van der Waals surface area contributed by atoms with Gasteiger partial charge in [0.2, 0.25) is 0 Å². The summed E-state index contributed by atoms with van der Waals surface area (Å²) in [6.45, 7) is 4.23. The fourth-order valence-corrected chi connectivity index (χ4v) is 6.84. The fourth-order valence-electron chi connectivity index (χ4n) is 6.10. The van der Waals surface area contributed by atoms with Crippen molar-refractivity contribution < 1.29 is 42.1 Å². The zero-order valence-corrected chi connectivity index (χ0v) is 39.8. The molecule has 0 fully saturated rings. The summed E-state index contributed by atoms with van der Waals surface area (Å²) >= 11 is 0. The van der Waals surface area contributed by atoms with E-state index in [9.17, 15) is 19.0 Å². The number of phosphoric acid groups is 1. The van der Waals surface area contributed by atoms with Crippen molar-refractivity contribution in [3.05, 3.63) is 72.9 Å². The number of ether oxygens (including phenoxy) is 2. The second kappa shape index (κ2) is 41.8. The Balaban J connectivity index is 4.43. The van der Waals surface area contributed by atoms with Crippen molar-refractivity contribution in [1.29, 1.82) is 0 Å². The Morgan fingerprint density at radius 2 is 0.950 bits per heavy atom. The third-order valence-corrected chi connectivity index (χ3v) is 10.7. The maximum Gasteiger partial charge on any atom is 0.472 e. The van der Waals surface area contributed by atoms with Crippen molar-refractivity contribution in [2.45, 2.75) is 187 Å². The minimum atomic E-state index is -4.40. The van der Waals surface area contributed by atoms with Gasteiger partial charge in [0, 0.05) is 12.8 Å². The van der Waals surface area contributed by atoms with Crippen LogP contribution in [-0.4, -0.2) is 74.9 Å². The van der Waals surface area contributed by atoms with Gasteiger partial charge in [-0.05, 0) is 51.4 Å². The first-order valence-corrected chi connectivity index (χ1v) is 25.2. The molecule has 0 spiro atoms. The average molecular weight is 863 g/mol. The number of rotatable bonds is 42. The van der Waals surface area contributed by atoms with Crippen molar-refractivity contribution in [3.8, 4) is 0 Å². The molecule has 346 valence electrons. The molecule has 1 N–H and O–H groups in total. The third kappa shape index (κ3) is 45.0. The molecule has 0 aliphatic rings. The van der Waals surface area contributed by atoms with Crippen LogP contribution < -0.4 is 0 Å². The third-order valence-electron chi connectivity index (χ3n) is 9.76. The van der Waals surface area contributed by atoms with Gasteiger partial charge in [-0.25, -0.2) is 4.57 Å². The number of unbranched alkanes of at least 4 members (excludes halogenated alkanes) is 16. The minimum Gasteiger partial charge on any atom is -0.462 e. The van der Waals surface area contributed by atoms with Gasteiger partial charge in [-0.15, -0.1) is 0 Å². The smallest absolute Gasteiger partial charge is 0.462 e. The molecule has 0 heterocycles. The SMILES string of the molecule is CC/C=C/C/C=C/C/C=C/C/C=C/C/C=C/C/C=C/CCC(=O)OC[C@H](COP(=O)(O)OCC[N+](C)(C)C)OC(=O)CCCCCCCCCCCCCCCCCCC. The Morgan fingerprint density at radius 3 is 1.38 bits per heavy atom. The van der Waals surface area contributed by atoms with Crippen molar-refractivity contribution in [2.24, 2.45) is 0 Å². The molecule has 0 rings (SSSR count). The first-order chi connectivity index (χ1) is 29.0. The van der Waals surface area contributed by atoms with Gasteiger partial charge in [-0.3, -0.25) is 18.6 Å². The number of nitrogens with zero attached hydrogens (tertiary/aromatic N) is 1. The lowest BCUT2D eigenvalue weighted by Gasteiger charge is -2.24. The Morgan fingerprint density at radius 1 is 0.533 bits per heavy atom. The molecule has 0 radical (unpaired) electrons. The Labute approximate surface area is 368 Å². The molecular formula is C50H89NO8P+. The van der Waals surface area contributed by atoms with Crippen LogP contribution in [0, 0.1) is 0 Å². The van der Waals surface area contributed by atoms with Gasteiger partial charge >= 0.3 is 19.8 Å². The molecule has 0 saturated heterocycles. The molecule has 0 aromatic rings. The molecule has 1 unspecified atom stereocenters. The summed E-state index contributed by atoms with van der Waals surface area (Å²) in [5, 5.41) is 0. The lowest BCUT2D eigenvalue weighted by Crippen LogP contribution is -2.37. The summed E-state index contributed by atoms with van der Waals surface area (Å²) in [4.78, 5) is 35.4. The van der Waals surface area contributed by atoms with E-state index in [-0.39, 0.29) is 26.1 Å². The van der Waals surface area contributed by atoms with E-state index in [2.05, 4.69) is 74.6 Å². The number of phosphoric ester groups is 1. The highest BCUT2D eigenvalue weighted by atomic mass is 31.2. The van der Waals surface area contributed by atoms with Crippen LogP contribution in [0.2, 0.25) is 0 Å². The van der Waals surface area contributed by atoms with Gasteiger partial charge in [-0.1, -0.05) is 189 Å². The van der Waals surface area contributed by atoms with E-state index in [0.717, 1.165) is 57.8 Å². The van der Waals surface area contributed by atoms with Crippen molar-refractivity contribution in [2.75, 3.05) is 47.5 Å². The molecule has 0 aromatic heterocycles. The van der Waals surface area contributed by atoms with Gasteiger partial charge in [-0.2, -0.15) is 0 Å². The summed E-state index contributed by atoms with van der Waals surface area (Å²) in [5.41, 5.74) is 0. The topological polar surface area (TPSA) is 108 Å². The minimum absolute atomic E-state index is 0.0185. The average Bonchev–Trinajstić information content (AvgIpc) is 3.20. The molecule has 2 atom stereocenters. The molecule has 10 heteroatoms. The van der Waals surface area contributed by atoms with Crippen molar-refractivity contribution >= 4 is 19.8 Å². The number of quaternary nitrogens is 1.